The number of hydrogen-bond acceptors (Lipinski definition) is 4. The van der Waals surface area contributed by atoms with E-state index in [-0.39, 0.29) is 0 Å². The second-order valence-electron chi connectivity index (χ2n) is 8.50. The third-order valence-electron chi connectivity index (χ3n) is 4.87. The number of rotatable bonds is 7. The Morgan fingerprint density at radius 1 is 1.15 bits per heavy atom. The van der Waals surface area contributed by atoms with E-state index in [0.29, 0.717) is 12.2 Å². The second kappa shape index (κ2) is 18.5. The molecule has 0 atom stereocenters. The molecule has 3 nitrogen and oxygen atoms in total. The van der Waals surface area contributed by atoms with Gasteiger partial charge in [0.05, 0.1) is 6.61 Å². The molecule has 0 amide bonds. The molecule has 1 saturated carbocycles. The normalized spacial score (nSPS) is 14.8. The fraction of sp³-hybridized carbons (Fsp3) is 0.517. The monoisotopic (exact) mass is 473 g/mol. The molecule has 0 aromatic heterocycles. The van der Waals surface area contributed by atoms with Gasteiger partial charge in [-0.05, 0) is 75.2 Å². The zero-order valence-electron chi connectivity index (χ0n) is 23.0. The smallest absolute Gasteiger partial charge is 0.151 e. The van der Waals surface area contributed by atoms with Crippen LogP contribution in [0, 0.1) is 12.3 Å². The number of aliphatic imine (C=N–C) groups is 1. The first-order valence-corrected chi connectivity index (χ1v) is 12.9. The number of carbonyl (C=O) groups excluding carboxylic acids is 1. The van der Waals surface area contributed by atoms with E-state index in [4.69, 9.17) is 4.74 Å². The van der Waals surface area contributed by atoms with Gasteiger partial charge in [0.2, 0.25) is 0 Å². The number of aryl methyl sites for hydroxylation is 1. The number of carbonyl (C=O) groups is 1. The molecule has 1 fully saturated rings. The lowest BCUT2D eigenvalue weighted by Gasteiger charge is -2.11. The Labute approximate surface area is 208 Å². The van der Waals surface area contributed by atoms with Gasteiger partial charge in [-0.25, -0.2) is 0 Å². The molecule has 4 heteroatoms. The molecular weight excluding hydrogens is 426 g/mol. The summed E-state index contributed by atoms with van der Waals surface area (Å²) in [7, 11) is 1.71. The van der Waals surface area contributed by atoms with E-state index in [1.807, 2.05) is 47.8 Å². The number of ether oxygens (including phenoxy) is 1. The highest BCUT2D eigenvalue weighted by Gasteiger charge is 2.30. The molecule has 0 aliphatic heterocycles. The van der Waals surface area contributed by atoms with Gasteiger partial charge in [-0.15, -0.1) is 11.8 Å². The lowest BCUT2D eigenvalue weighted by Crippen LogP contribution is -1.98. The Morgan fingerprint density at radius 2 is 1.64 bits per heavy atom. The van der Waals surface area contributed by atoms with E-state index >= 15 is 0 Å². The molecule has 33 heavy (non-hydrogen) atoms. The summed E-state index contributed by atoms with van der Waals surface area (Å²) in [6, 6.07) is 8.35. The number of aldehydes is 1. The minimum atomic E-state index is 0.683. The van der Waals surface area contributed by atoms with E-state index in [1.165, 1.54) is 24.0 Å². The summed E-state index contributed by atoms with van der Waals surface area (Å²) in [6.45, 7) is 22.9. The zero-order chi connectivity index (χ0) is 26.0. The second-order valence-corrected chi connectivity index (χ2v) is 9.52. The molecule has 0 radical (unpaired) electrons. The Morgan fingerprint density at radius 3 is 1.94 bits per heavy atom. The van der Waals surface area contributed by atoms with Crippen molar-refractivity contribution in [2.24, 2.45) is 10.4 Å². The number of thioether (sulfide) groups is 1. The van der Waals surface area contributed by atoms with Crippen molar-refractivity contribution in [2.75, 3.05) is 13.4 Å². The highest BCUT2D eigenvalue weighted by molar-refractivity contribution is 8.02. The quantitative estimate of drug-likeness (QED) is 0.172. The Bertz CT molecular complexity index is 793. The zero-order valence-corrected chi connectivity index (χ0v) is 23.8. The third kappa shape index (κ3) is 15.5. The van der Waals surface area contributed by atoms with Gasteiger partial charge in [0.1, 0.15) is 0 Å². The average Bonchev–Trinajstić information content (AvgIpc) is 3.49. The summed E-state index contributed by atoms with van der Waals surface area (Å²) in [5.41, 5.74) is 6.49. The Kier molecular flexibility index (Phi) is 18.7. The van der Waals surface area contributed by atoms with Crippen LogP contribution in [-0.2, 0) is 16.1 Å². The maximum atomic E-state index is 11.2. The van der Waals surface area contributed by atoms with Crippen LogP contribution < -0.4 is 0 Å². The van der Waals surface area contributed by atoms with Gasteiger partial charge in [-0.3, -0.25) is 9.79 Å². The van der Waals surface area contributed by atoms with Gasteiger partial charge < -0.3 is 4.74 Å². The van der Waals surface area contributed by atoms with Crippen LogP contribution in [0.2, 0.25) is 0 Å². The third-order valence-corrected chi connectivity index (χ3v) is 5.70. The standard InChI is InChI=1S/C13H19NOS.C9H12O.C5H10.C2H6/c1-7-14-10(4)13(9(2)3)12(8-15)11(5)16-6;1-8-3-5-9(6-4-8)7-10-2;1-5(2)3-4-5;1-2/h7-8H,2H2,1,3-6H3;3-6H,7H2,1-2H3;3-4H2,1-2H3;1-2H3/b12-11+,13-10+,14-7?;;;. The number of allylic oxidation sites excluding steroid dienone is 5. The number of nitrogens with zero attached hydrogens (tertiary/aromatic N) is 1. The van der Waals surface area contributed by atoms with Crippen molar-refractivity contribution in [3.05, 3.63) is 69.3 Å². The lowest BCUT2D eigenvalue weighted by atomic mass is 9.99. The molecule has 0 N–H and O–H groups in total. The van der Waals surface area contributed by atoms with E-state index in [0.717, 1.165) is 33.4 Å². The minimum Gasteiger partial charge on any atom is -0.380 e. The van der Waals surface area contributed by atoms with Crippen molar-refractivity contribution in [3.8, 4) is 0 Å². The first kappa shape index (κ1) is 33.3. The molecule has 1 aliphatic carbocycles. The molecule has 186 valence electrons. The largest absolute Gasteiger partial charge is 0.380 e. The first-order chi connectivity index (χ1) is 15.5. The fourth-order valence-corrected chi connectivity index (χ4v) is 2.89. The van der Waals surface area contributed by atoms with Gasteiger partial charge >= 0.3 is 0 Å². The predicted molar refractivity (Wildman–Crippen MR) is 150 cm³/mol. The summed E-state index contributed by atoms with van der Waals surface area (Å²) in [4.78, 5) is 16.4. The molecule has 0 bridgehead atoms. The van der Waals surface area contributed by atoms with Crippen molar-refractivity contribution in [1.82, 2.24) is 0 Å². The Hall–Kier alpha value is -1.91. The minimum absolute atomic E-state index is 0.683. The van der Waals surface area contributed by atoms with Crippen molar-refractivity contribution in [2.45, 2.75) is 81.8 Å². The predicted octanol–water partition coefficient (Wildman–Crippen LogP) is 8.74. The molecule has 0 spiro atoms. The summed E-state index contributed by atoms with van der Waals surface area (Å²) in [5, 5.41) is 0. The molecule has 2 rings (SSSR count). The van der Waals surface area contributed by atoms with Crippen LogP contribution in [0.5, 0.6) is 0 Å². The van der Waals surface area contributed by atoms with Gasteiger partial charge in [0.15, 0.2) is 6.29 Å². The SMILES string of the molecule is C=C(C)C(/C(C=O)=C(\C)SC)=C(/C)N=CC.CC.CC1(C)CC1.COCc1ccc(C)cc1. The molecule has 0 saturated heterocycles. The van der Waals surface area contributed by atoms with E-state index in [2.05, 4.69) is 56.6 Å². The maximum Gasteiger partial charge on any atom is 0.151 e. The van der Waals surface area contributed by atoms with Gasteiger partial charge in [0, 0.05) is 30.2 Å². The maximum absolute atomic E-state index is 11.2. The van der Waals surface area contributed by atoms with Crippen molar-refractivity contribution >= 4 is 24.3 Å². The van der Waals surface area contributed by atoms with Gasteiger partial charge in [-0.1, -0.05) is 64.1 Å². The molecular formula is C29H47NO2S. The van der Waals surface area contributed by atoms with Crippen LogP contribution in [0.1, 0.15) is 79.4 Å². The van der Waals surface area contributed by atoms with Gasteiger partial charge in [0.25, 0.3) is 0 Å². The number of methoxy groups -OCH3 is 1. The van der Waals surface area contributed by atoms with Crippen LogP contribution in [0.4, 0.5) is 0 Å². The van der Waals surface area contributed by atoms with Crippen LogP contribution >= 0.6 is 11.8 Å². The topological polar surface area (TPSA) is 38.7 Å². The summed E-state index contributed by atoms with van der Waals surface area (Å²) < 4.78 is 4.97. The van der Waals surface area contributed by atoms with Crippen LogP contribution in [-0.4, -0.2) is 25.9 Å². The van der Waals surface area contributed by atoms with Crippen LogP contribution in [0.3, 0.4) is 0 Å². The van der Waals surface area contributed by atoms with Crippen molar-refractivity contribution < 1.29 is 9.53 Å². The molecule has 0 unspecified atom stereocenters. The Balaban J connectivity index is 0. The molecule has 1 aromatic carbocycles. The van der Waals surface area contributed by atoms with Crippen molar-refractivity contribution in [1.29, 1.82) is 0 Å². The van der Waals surface area contributed by atoms with Crippen LogP contribution in [0.15, 0.2) is 63.2 Å². The average molecular weight is 474 g/mol. The number of hydrogen-bond donors (Lipinski definition) is 0. The summed E-state index contributed by atoms with van der Waals surface area (Å²) in [6.07, 6.45) is 7.45. The van der Waals surface area contributed by atoms with Crippen molar-refractivity contribution in [3.63, 3.8) is 0 Å². The van der Waals surface area contributed by atoms with E-state index < -0.39 is 0 Å². The van der Waals surface area contributed by atoms with Gasteiger partial charge in [-0.2, -0.15) is 0 Å². The molecule has 0 heterocycles. The molecule has 1 aliphatic rings. The van der Waals surface area contributed by atoms with Crippen LogP contribution in [0.25, 0.3) is 0 Å². The highest BCUT2D eigenvalue weighted by atomic mass is 32.2. The lowest BCUT2D eigenvalue weighted by molar-refractivity contribution is -0.104. The highest BCUT2D eigenvalue weighted by Crippen LogP contribution is 2.43. The fourth-order valence-electron chi connectivity index (χ4n) is 2.52. The van der Waals surface area contributed by atoms with E-state index in [9.17, 15) is 4.79 Å². The van der Waals surface area contributed by atoms with E-state index in [1.54, 1.807) is 25.1 Å². The summed E-state index contributed by atoms with van der Waals surface area (Å²) in [5.74, 6) is 0. The summed E-state index contributed by atoms with van der Waals surface area (Å²) >= 11 is 1.56. The number of benzene rings is 1. The first-order valence-electron chi connectivity index (χ1n) is 11.6. The molecule has 1 aromatic rings.